The summed E-state index contributed by atoms with van der Waals surface area (Å²) in [6.07, 6.45) is 0. The first-order valence-electron chi connectivity index (χ1n) is 8.41. The fourth-order valence-electron chi connectivity index (χ4n) is 3.01. The largest absolute Gasteiger partial charge is 0.373 e. The summed E-state index contributed by atoms with van der Waals surface area (Å²) < 4.78 is 5.73. The molecule has 2 aromatic rings. The molecule has 0 unspecified atom stereocenters. The molecule has 3 rings (SSSR count). The number of fused-ring (bicyclic) bond motifs is 1. The predicted octanol–water partition coefficient (Wildman–Crippen LogP) is 3.29. The Kier molecular flexibility index (Phi) is 4.43. The lowest BCUT2D eigenvalue weighted by molar-refractivity contribution is -0.123. The van der Waals surface area contributed by atoms with Crippen LogP contribution in [-0.2, 0) is 9.53 Å². The van der Waals surface area contributed by atoms with Crippen molar-refractivity contribution in [3.8, 4) is 6.07 Å². The molecule has 1 heterocycles. The number of ether oxygens (including phenoxy) is 1. The summed E-state index contributed by atoms with van der Waals surface area (Å²) in [4.78, 5) is 28.3. The van der Waals surface area contributed by atoms with Gasteiger partial charge in [-0.25, -0.2) is 9.69 Å². The van der Waals surface area contributed by atoms with Gasteiger partial charge in [-0.05, 0) is 32.9 Å². The van der Waals surface area contributed by atoms with Gasteiger partial charge >= 0.3 is 6.03 Å². The third kappa shape index (κ3) is 3.02. The number of rotatable bonds is 3. The fourth-order valence-corrected chi connectivity index (χ4v) is 3.01. The number of carbonyl (C=O) groups excluding carboxylic acids is 2. The van der Waals surface area contributed by atoms with Crippen LogP contribution >= 0.6 is 0 Å². The summed E-state index contributed by atoms with van der Waals surface area (Å²) in [5.74, 6) is -0.323. The molecule has 0 radical (unpaired) electrons. The van der Waals surface area contributed by atoms with Crippen molar-refractivity contribution in [2.45, 2.75) is 32.4 Å². The molecule has 26 heavy (non-hydrogen) atoms. The number of benzene rings is 2. The molecule has 0 spiro atoms. The molecule has 0 saturated carbocycles. The van der Waals surface area contributed by atoms with E-state index in [9.17, 15) is 14.9 Å². The van der Waals surface area contributed by atoms with E-state index in [0.717, 1.165) is 0 Å². The first-order valence-corrected chi connectivity index (χ1v) is 8.41. The second-order valence-electron chi connectivity index (χ2n) is 7.30. The number of hydrogen-bond donors (Lipinski definition) is 0. The first-order chi connectivity index (χ1) is 12.2. The van der Waals surface area contributed by atoms with E-state index < -0.39 is 17.7 Å². The Morgan fingerprint density at radius 2 is 1.77 bits per heavy atom. The van der Waals surface area contributed by atoms with Crippen LogP contribution in [0.4, 0.5) is 10.5 Å². The predicted molar refractivity (Wildman–Crippen MR) is 98.8 cm³/mol. The lowest BCUT2D eigenvalue weighted by Crippen LogP contribution is -2.38. The number of urea groups is 1. The quantitative estimate of drug-likeness (QED) is 0.795. The van der Waals surface area contributed by atoms with E-state index in [-0.39, 0.29) is 12.5 Å². The molecule has 0 bridgehead atoms. The standard InChI is InChI=1S/C20H21N3O3/c1-20(2,3)26-12-17-18(24)23(19(25)22(17)4)16-10-9-13(11-21)14-7-5-6-8-15(14)16/h5-10,17H,12H2,1-4H3/t17-/m0/s1. The molecular weight excluding hydrogens is 330 g/mol. The Morgan fingerprint density at radius 3 is 2.38 bits per heavy atom. The van der Waals surface area contributed by atoms with Crippen LogP contribution in [0.1, 0.15) is 26.3 Å². The Bertz CT molecular complexity index is 924. The second kappa shape index (κ2) is 6.43. The lowest BCUT2D eigenvalue weighted by Gasteiger charge is -2.23. The van der Waals surface area contributed by atoms with Crippen LogP contribution in [-0.4, -0.2) is 42.1 Å². The van der Waals surface area contributed by atoms with Crippen LogP contribution in [0.5, 0.6) is 0 Å². The SMILES string of the molecule is CN1C(=O)N(c2ccc(C#N)c3ccccc23)C(=O)[C@@H]1COC(C)(C)C. The number of carbonyl (C=O) groups is 2. The summed E-state index contributed by atoms with van der Waals surface area (Å²) >= 11 is 0. The number of likely N-dealkylation sites (N-methyl/N-ethyl adjacent to an activating group) is 1. The number of anilines is 1. The Hall–Kier alpha value is -2.91. The molecule has 0 aliphatic carbocycles. The van der Waals surface area contributed by atoms with Crippen molar-refractivity contribution in [3.05, 3.63) is 42.0 Å². The zero-order valence-corrected chi connectivity index (χ0v) is 15.3. The lowest BCUT2D eigenvalue weighted by atomic mass is 10.0. The van der Waals surface area contributed by atoms with Gasteiger partial charge in [-0.1, -0.05) is 24.3 Å². The highest BCUT2D eigenvalue weighted by Crippen LogP contribution is 2.33. The van der Waals surface area contributed by atoms with E-state index in [1.165, 1.54) is 9.80 Å². The first kappa shape index (κ1) is 17.9. The van der Waals surface area contributed by atoms with E-state index in [1.807, 2.05) is 45.0 Å². The van der Waals surface area contributed by atoms with Crippen LogP contribution in [0.3, 0.4) is 0 Å². The van der Waals surface area contributed by atoms with Gasteiger partial charge in [0.2, 0.25) is 0 Å². The highest BCUT2D eigenvalue weighted by molar-refractivity contribution is 6.24. The molecule has 0 N–H and O–H groups in total. The number of imide groups is 1. The molecule has 1 saturated heterocycles. The number of hydrogen-bond acceptors (Lipinski definition) is 4. The van der Waals surface area contributed by atoms with E-state index in [1.54, 1.807) is 19.2 Å². The smallest absolute Gasteiger partial charge is 0.331 e. The van der Waals surface area contributed by atoms with Crippen LogP contribution < -0.4 is 4.90 Å². The van der Waals surface area contributed by atoms with Gasteiger partial charge in [-0.3, -0.25) is 4.79 Å². The maximum atomic E-state index is 13.0. The molecule has 1 atom stereocenters. The average Bonchev–Trinajstić information content (AvgIpc) is 2.81. The topological polar surface area (TPSA) is 73.6 Å². The molecule has 3 amide bonds. The molecule has 1 fully saturated rings. The third-order valence-electron chi connectivity index (χ3n) is 4.40. The van der Waals surface area contributed by atoms with Gasteiger partial charge in [0.1, 0.15) is 6.04 Å². The Labute approximate surface area is 152 Å². The number of nitriles is 1. The van der Waals surface area contributed by atoms with Gasteiger partial charge in [-0.15, -0.1) is 0 Å². The van der Waals surface area contributed by atoms with Crippen LogP contribution in [0.2, 0.25) is 0 Å². The molecule has 2 aromatic carbocycles. The van der Waals surface area contributed by atoms with E-state index in [4.69, 9.17) is 4.74 Å². The molecular formula is C20H21N3O3. The maximum Gasteiger partial charge on any atom is 0.331 e. The van der Waals surface area contributed by atoms with Crippen molar-refractivity contribution < 1.29 is 14.3 Å². The minimum atomic E-state index is -0.670. The van der Waals surface area contributed by atoms with Crippen molar-refractivity contribution in [1.82, 2.24) is 4.90 Å². The summed E-state index contributed by atoms with van der Waals surface area (Å²) in [6.45, 7) is 5.84. The van der Waals surface area contributed by atoms with E-state index in [0.29, 0.717) is 22.0 Å². The molecule has 6 heteroatoms. The van der Waals surface area contributed by atoms with E-state index >= 15 is 0 Å². The summed E-state index contributed by atoms with van der Waals surface area (Å²) in [7, 11) is 1.60. The third-order valence-corrected chi connectivity index (χ3v) is 4.40. The van der Waals surface area contributed by atoms with Crippen LogP contribution in [0.25, 0.3) is 10.8 Å². The molecule has 1 aliphatic rings. The van der Waals surface area contributed by atoms with Crippen LogP contribution in [0, 0.1) is 11.3 Å². The van der Waals surface area contributed by atoms with Gasteiger partial charge in [0, 0.05) is 17.8 Å². The monoisotopic (exact) mass is 351 g/mol. The Morgan fingerprint density at radius 1 is 1.12 bits per heavy atom. The summed E-state index contributed by atoms with van der Waals surface area (Å²) in [5, 5.41) is 10.7. The van der Waals surface area contributed by atoms with Crippen molar-refractivity contribution in [1.29, 1.82) is 5.26 Å². The highest BCUT2D eigenvalue weighted by atomic mass is 16.5. The minimum absolute atomic E-state index is 0.134. The minimum Gasteiger partial charge on any atom is -0.373 e. The summed E-state index contributed by atoms with van der Waals surface area (Å²) in [5.41, 5.74) is 0.586. The zero-order valence-electron chi connectivity index (χ0n) is 15.3. The number of amides is 3. The molecule has 1 aliphatic heterocycles. The van der Waals surface area contributed by atoms with Crippen molar-refractivity contribution in [2.24, 2.45) is 0 Å². The van der Waals surface area contributed by atoms with Crippen molar-refractivity contribution in [3.63, 3.8) is 0 Å². The molecule has 6 nitrogen and oxygen atoms in total. The molecule has 134 valence electrons. The normalized spacial score (nSPS) is 17.9. The maximum absolute atomic E-state index is 13.0. The van der Waals surface area contributed by atoms with Gasteiger partial charge < -0.3 is 9.64 Å². The van der Waals surface area contributed by atoms with Gasteiger partial charge in [0.25, 0.3) is 5.91 Å². The second-order valence-corrected chi connectivity index (χ2v) is 7.30. The number of nitrogens with zero attached hydrogens (tertiary/aromatic N) is 3. The van der Waals surface area contributed by atoms with Crippen molar-refractivity contribution in [2.75, 3.05) is 18.6 Å². The van der Waals surface area contributed by atoms with Crippen LogP contribution in [0.15, 0.2) is 36.4 Å². The Balaban J connectivity index is 2.02. The zero-order chi connectivity index (χ0) is 19.1. The molecule has 0 aromatic heterocycles. The average molecular weight is 351 g/mol. The van der Waals surface area contributed by atoms with E-state index in [2.05, 4.69) is 6.07 Å². The summed E-state index contributed by atoms with van der Waals surface area (Å²) in [6, 6.07) is 11.6. The van der Waals surface area contributed by atoms with Gasteiger partial charge in [0.15, 0.2) is 0 Å². The van der Waals surface area contributed by atoms with Crippen molar-refractivity contribution >= 4 is 28.4 Å². The highest BCUT2D eigenvalue weighted by Gasteiger charge is 2.45. The van der Waals surface area contributed by atoms with Gasteiger partial charge in [0.05, 0.1) is 29.5 Å². The fraction of sp³-hybridized carbons (Fsp3) is 0.350. The van der Waals surface area contributed by atoms with Gasteiger partial charge in [-0.2, -0.15) is 5.26 Å².